The van der Waals surface area contributed by atoms with Crippen LogP contribution in [0.1, 0.15) is 25.0 Å². The van der Waals surface area contributed by atoms with Crippen LogP contribution in [0.3, 0.4) is 0 Å². The monoisotopic (exact) mass is 404 g/mol. The second-order valence-corrected chi connectivity index (χ2v) is 9.16. The van der Waals surface area contributed by atoms with E-state index in [0.29, 0.717) is 0 Å². The normalized spacial score (nSPS) is 14.0. The smallest absolute Gasteiger partial charge is 0.123 e. The molecule has 0 saturated heterocycles. The van der Waals surface area contributed by atoms with Gasteiger partial charge in [-0.25, -0.2) is 4.39 Å². The molecule has 1 aromatic heterocycles. The molecule has 0 nitrogen and oxygen atoms in total. The summed E-state index contributed by atoms with van der Waals surface area (Å²) in [6.07, 6.45) is 0. The molecule has 4 aromatic rings. The van der Waals surface area contributed by atoms with Crippen LogP contribution in [0.5, 0.6) is 0 Å². The first-order valence-corrected chi connectivity index (χ1v) is 10.5. The van der Waals surface area contributed by atoms with E-state index in [1.54, 1.807) is 12.1 Å². The number of fused-ring (bicyclic) bond motifs is 3. The fourth-order valence-electron chi connectivity index (χ4n) is 4.27. The molecule has 1 aliphatic rings. The van der Waals surface area contributed by atoms with E-state index >= 15 is 0 Å². The van der Waals surface area contributed by atoms with Crippen molar-refractivity contribution in [3.63, 3.8) is 0 Å². The zero-order valence-electron chi connectivity index (χ0n) is 15.6. The van der Waals surface area contributed by atoms with Crippen LogP contribution in [0, 0.1) is 5.82 Å². The molecule has 0 atom stereocenters. The largest absolute Gasteiger partial charge is 0.207 e. The van der Waals surface area contributed by atoms with Gasteiger partial charge in [0, 0.05) is 25.8 Å². The lowest BCUT2D eigenvalue weighted by molar-refractivity contribution is 0.610. The van der Waals surface area contributed by atoms with E-state index in [4.69, 9.17) is 11.6 Å². The summed E-state index contributed by atoms with van der Waals surface area (Å²) in [5, 5.41) is 0.725. The summed E-state index contributed by atoms with van der Waals surface area (Å²) in [6.45, 7) is 4.39. The average molecular weight is 405 g/mol. The Balaban J connectivity index is 1.87. The molecule has 0 fully saturated rings. The number of benzene rings is 3. The number of thiophene rings is 1. The molecule has 28 heavy (non-hydrogen) atoms. The summed E-state index contributed by atoms with van der Waals surface area (Å²) >= 11 is 7.93. The fourth-order valence-corrected chi connectivity index (χ4v) is 5.88. The van der Waals surface area contributed by atoms with Gasteiger partial charge in [-0.2, -0.15) is 0 Å². The molecule has 3 aromatic carbocycles. The van der Waals surface area contributed by atoms with Crippen LogP contribution in [0.15, 0.2) is 72.8 Å². The van der Waals surface area contributed by atoms with E-state index in [1.165, 1.54) is 26.4 Å². The highest BCUT2D eigenvalue weighted by Crippen LogP contribution is 2.59. The molecule has 1 heterocycles. The van der Waals surface area contributed by atoms with Crippen molar-refractivity contribution in [2.45, 2.75) is 19.3 Å². The number of hydrogen-bond donors (Lipinski definition) is 0. The Kier molecular flexibility index (Phi) is 3.97. The fraction of sp³-hybridized carbons (Fsp3) is 0.120. The number of rotatable bonds is 2. The van der Waals surface area contributed by atoms with E-state index in [1.807, 2.05) is 35.6 Å². The molecule has 0 radical (unpaired) electrons. The van der Waals surface area contributed by atoms with Gasteiger partial charge in [0.15, 0.2) is 0 Å². The van der Waals surface area contributed by atoms with Crippen LogP contribution in [0.25, 0.3) is 32.0 Å². The molecule has 0 aliphatic heterocycles. The first-order valence-electron chi connectivity index (χ1n) is 9.26. The minimum Gasteiger partial charge on any atom is -0.207 e. The molecule has 0 spiro atoms. The van der Waals surface area contributed by atoms with Gasteiger partial charge in [-0.1, -0.05) is 74.0 Å². The van der Waals surface area contributed by atoms with Crippen molar-refractivity contribution in [3.8, 4) is 32.0 Å². The van der Waals surface area contributed by atoms with Gasteiger partial charge >= 0.3 is 0 Å². The van der Waals surface area contributed by atoms with Crippen LogP contribution < -0.4 is 0 Å². The number of hydrogen-bond acceptors (Lipinski definition) is 1. The Morgan fingerprint density at radius 1 is 0.821 bits per heavy atom. The van der Waals surface area contributed by atoms with Crippen molar-refractivity contribution in [2.24, 2.45) is 0 Å². The average Bonchev–Trinajstić information content (AvgIpc) is 3.19. The van der Waals surface area contributed by atoms with Gasteiger partial charge in [0.2, 0.25) is 0 Å². The molecular formula is C25H18ClFS. The Bertz CT molecular complexity index is 1190. The van der Waals surface area contributed by atoms with Crippen LogP contribution in [-0.2, 0) is 5.41 Å². The summed E-state index contributed by atoms with van der Waals surface area (Å²) in [5.74, 6) is -0.185. The molecule has 0 amide bonds. The predicted molar refractivity (Wildman–Crippen MR) is 118 cm³/mol. The SMILES string of the molecule is CC1(C)c2cc(F)ccc2-c2c(-c3ccc(Cl)cc3)sc(-c3ccccc3)c21. The third-order valence-corrected chi connectivity index (χ3v) is 7.14. The Labute approximate surface area is 173 Å². The molecule has 0 unspecified atom stereocenters. The van der Waals surface area contributed by atoms with E-state index in [0.717, 1.165) is 21.7 Å². The summed E-state index contributed by atoms with van der Waals surface area (Å²) < 4.78 is 14.1. The second kappa shape index (κ2) is 6.30. The molecule has 3 heteroatoms. The van der Waals surface area contributed by atoms with Gasteiger partial charge in [-0.05, 0) is 52.1 Å². The lowest BCUT2D eigenvalue weighted by atomic mass is 9.81. The minimum absolute atomic E-state index is 0.185. The van der Waals surface area contributed by atoms with Gasteiger partial charge in [0.05, 0.1) is 0 Å². The Hall–Kier alpha value is -2.42. The zero-order valence-corrected chi connectivity index (χ0v) is 17.2. The standard InChI is InChI=1S/C25H18ClFS/c1-25(2)20-14-18(27)12-13-19(20)21-22(25)24(15-6-4-3-5-7-15)28-23(21)16-8-10-17(26)11-9-16/h3-14H,1-2H3. The quantitative estimate of drug-likeness (QED) is 0.316. The van der Waals surface area contributed by atoms with Crippen molar-refractivity contribution >= 4 is 22.9 Å². The third kappa shape index (κ3) is 2.56. The lowest BCUT2D eigenvalue weighted by Crippen LogP contribution is -2.15. The summed E-state index contributed by atoms with van der Waals surface area (Å²) in [4.78, 5) is 2.46. The Morgan fingerprint density at radius 2 is 1.50 bits per heavy atom. The van der Waals surface area contributed by atoms with E-state index in [9.17, 15) is 4.39 Å². The van der Waals surface area contributed by atoms with E-state index in [2.05, 4.69) is 50.2 Å². The van der Waals surface area contributed by atoms with Crippen LogP contribution in [0.2, 0.25) is 5.02 Å². The van der Waals surface area contributed by atoms with Crippen molar-refractivity contribution in [1.82, 2.24) is 0 Å². The van der Waals surface area contributed by atoms with Crippen LogP contribution >= 0.6 is 22.9 Å². The molecule has 5 rings (SSSR count). The highest BCUT2D eigenvalue weighted by Gasteiger charge is 2.41. The predicted octanol–water partition coefficient (Wildman–Crippen LogP) is 8.18. The maximum atomic E-state index is 14.1. The molecule has 0 bridgehead atoms. The molecule has 0 N–H and O–H groups in total. The van der Waals surface area contributed by atoms with Crippen molar-refractivity contribution < 1.29 is 4.39 Å². The van der Waals surface area contributed by atoms with Gasteiger partial charge in [-0.15, -0.1) is 11.3 Å². The van der Waals surface area contributed by atoms with E-state index < -0.39 is 0 Å². The lowest BCUT2D eigenvalue weighted by Gasteiger charge is -2.22. The van der Waals surface area contributed by atoms with Crippen molar-refractivity contribution in [3.05, 3.63) is 94.8 Å². The highest BCUT2D eigenvalue weighted by atomic mass is 35.5. The maximum absolute atomic E-state index is 14.1. The first-order chi connectivity index (χ1) is 13.5. The number of halogens is 2. The molecule has 138 valence electrons. The van der Waals surface area contributed by atoms with Gasteiger partial charge in [-0.3, -0.25) is 0 Å². The molecule has 0 saturated carbocycles. The van der Waals surface area contributed by atoms with Crippen molar-refractivity contribution in [1.29, 1.82) is 0 Å². The topological polar surface area (TPSA) is 0 Å². The Morgan fingerprint density at radius 3 is 2.21 bits per heavy atom. The molecule has 1 aliphatic carbocycles. The summed E-state index contributed by atoms with van der Waals surface area (Å²) in [7, 11) is 0. The van der Waals surface area contributed by atoms with Crippen molar-refractivity contribution in [2.75, 3.05) is 0 Å². The maximum Gasteiger partial charge on any atom is 0.123 e. The highest BCUT2D eigenvalue weighted by molar-refractivity contribution is 7.19. The summed E-state index contributed by atoms with van der Waals surface area (Å²) in [5.41, 5.74) is 6.77. The zero-order chi connectivity index (χ0) is 19.5. The first kappa shape index (κ1) is 17.7. The minimum atomic E-state index is -0.265. The van der Waals surface area contributed by atoms with Gasteiger partial charge in [0.1, 0.15) is 5.82 Å². The summed E-state index contributed by atoms with van der Waals surface area (Å²) in [6, 6.07) is 23.6. The van der Waals surface area contributed by atoms with E-state index in [-0.39, 0.29) is 11.2 Å². The van der Waals surface area contributed by atoms with Crippen LogP contribution in [0.4, 0.5) is 4.39 Å². The van der Waals surface area contributed by atoms with Crippen LogP contribution in [-0.4, -0.2) is 0 Å². The van der Waals surface area contributed by atoms with Gasteiger partial charge < -0.3 is 0 Å². The molecular weight excluding hydrogens is 387 g/mol. The second-order valence-electron chi connectivity index (χ2n) is 7.70. The third-order valence-electron chi connectivity index (χ3n) is 5.60. The van der Waals surface area contributed by atoms with Gasteiger partial charge in [0.25, 0.3) is 0 Å².